The molecule has 0 bridgehead atoms. The summed E-state index contributed by atoms with van der Waals surface area (Å²) in [6, 6.07) is 9.42. The first-order chi connectivity index (χ1) is 11.5. The molecule has 124 valence electrons. The van der Waals surface area contributed by atoms with Gasteiger partial charge in [0.2, 0.25) is 5.91 Å². The third kappa shape index (κ3) is 3.62. The van der Waals surface area contributed by atoms with E-state index >= 15 is 0 Å². The Hall–Kier alpha value is -2.67. The number of aryl methyl sites for hydroxylation is 3. The van der Waals surface area contributed by atoms with Crippen molar-refractivity contribution in [1.29, 1.82) is 0 Å². The van der Waals surface area contributed by atoms with Crippen LogP contribution >= 0.6 is 11.3 Å². The van der Waals surface area contributed by atoms with Crippen molar-refractivity contribution < 1.29 is 9.21 Å². The predicted octanol–water partition coefficient (Wildman–Crippen LogP) is 3.21. The molecule has 3 rings (SSSR count). The van der Waals surface area contributed by atoms with Gasteiger partial charge in [0.05, 0.1) is 11.4 Å². The molecule has 0 unspecified atom stereocenters. The van der Waals surface area contributed by atoms with Crippen molar-refractivity contribution in [2.75, 3.05) is 5.32 Å². The largest absolute Gasteiger partial charge is 0.437 e. The normalized spacial score (nSPS) is 10.8. The number of thiophene rings is 1. The van der Waals surface area contributed by atoms with Crippen molar-refractivity contribution in [3.63, 3.8) is 0 Å². The topological polar surface area (TPSA) is 77.1 Å². The number of nitrogens with zero attached hydrogens (tertiary/aromatic N) is 2. The average molecular weight is 343 g/mol. The van der Waals surface area contributed by atoms with Gasteiger partial charge in [-0.05, 0) is 48.6 Å². The summed E-state index contributed by atoms with van der Waals surface area (Å²) in [6.45, 7) is 4.18. The van der Waals surface area contributed by atoms with Crippen LogP contribution in [0.15, 0.2) is 44.9 Å². The van der Waals surface area contributed by atoms with Gasteiger partial charge in [-0.25, -0.2) is 4.79 Å². The van der Waals surface area contributed by atoms with E-state index in [2.05, 4.69) is 10.4 Å². The van der Waals surface area contributed by atoms with Crippen LogP contribution in [0.1, 0.15) is 17.5 Å². The molecule has 0 saturated carbocycles. The zero-order valence-corrected chi connectivity index (χ0v) is 14.2. The maximum absolute atomic E-state index is 12.0. The van der Waals surface area contributed by atoms with Gasteiger partial charge in [0.25, 0.3) is 5.89 Å². The summed E-state index contributed by atoms with van der Waals surface area (Å²) >= 11 is 1.44. The molecule has 0 saturated heterocycles. The molecule has 2 heterocycles. The van der Waals surface area contributed by atoms with E-state index in [1.165, 1.54) is 21.6 Å². The van der Waals surface area contributed by atoms with Gasteiger partial charge in [-0.3, -0.25) is 4.79 Å². The van der Waals surface area contributed by atoms with Crippen LogP contribution in [0.3, 0.4) is 0 Å². The van der Waals surface area contributed by atoms with E-state index in [1.807, 2.05) is 49.6 Å². The molecule has 1 aromatic carbocycles. The van der Waals surface area contributed by atoms with Crippen molar-refractivity contribution in [1.82, 2.24) is 9.78 Å². The van der Waals surface area contributed by atoms with Crippen LogP contribution < -0.4 is 11.1 Å². The van der Waals surface area contributed by atoms with Crippen molar-refractivity contribution >= 4 is 22.9 Å². The Bertz CT molecular complexity index is 910. The van der Waals surface area contributed by atoms with E-state index in [4.69, 9.17) is 4.42 Å². The minimum atomic E-state index is -0.558. The molecule has 0 aliphatic heterocycles. The van der Waals surface area contributed by atoms with Crippen LogP contribution in [0.25, 0.3) is 10.8 Å². The molecule has 7 heteroatoms. The summed E-state index contributed by atoms with van der Waals surface area (Å²) < 4.78 is 6.29. The number of carbonyl (C=O) groups is 1. The number of hydrogen-bond donors (Lipinski definition) is 1. The lowest BCUT2D eigenvalue weighted by molar-refractivity contribution is -0.116. The quantitative estimate of drug-likeness (QED) is 0.772. The predicted molar refractivity (Wildman–Crippen MR) is 93.2 cm³/mol. The summed E-state index contributed by atoms with van der Waals surface area (Å²) in [7, 11) is 0. The van der Waals surface area contributed by atoms with E-state index in [0.717, 1.165) is 16.1 Å². The third-order valence-corrected chi connectivity index (χ3v) is 4.54. The molecule has 0 atom stereocenters. The van der Waals surface area contributed by atoms with E-state index in [-0.39, 0.29) is 24.8 Å². The van der Waals surface area contributed by atoms with Gasteiger partial charge in [0.1, 0.15) is 0 Å². The Balaban J connectivity index is 1.62. The van der Waals surface area contributed by atoms with Gasteiger partial charge in [-0.15, -0.1) is 16.4 Å². The Morgan fingerprint density at radius 2 is 2.12 bits per heavy atom. The highest BCUT2D eigenvalue weighted by molar-refractivity contribution is 7.13. The molecule has 0 aliphatic carbocycles. The Labute approximate surface area is 142 Å². The minimum absolute atomic E-state index is 0.142. The minimum Gasteiger partial charge on any atom is -0.387 e. The maximum atomic E-state index is 12.0. The monoisotopic (exact) mass is 343 g/mol. The standard InChI is InChI=1S/C17H17N3O3S/c1-11-5-6-13(10-12(11)2)18-15(21)7-8-20-17(22)23-16(19-20)14-4-3-9-24-14/h3-6,9-10H,7-8H2,1-2H3,(H,18,21). The molecular weight excluding hydrogens is 326 g/mol. The van der Waals surface area contributed by atoms with Gasteiger partial charge in [-0.1, -0.05) is 12.1 Å². The second-order valence-corrected chi connectivity index (χ2v) is 6.42. The van der Waals surface area contributed by atoms with Crippen molar-refractivity contribution in [2.24, 2.45) is 0 Å². The lowest BCUT2D eigenvalue weighted by atomic mass is 10.1. The molecule has 24 heavy (non-hydrogen) atoms. The Morgan fingerprint density at radius 1 is 1.29 bits per heavy atom. The highest BCUT2D eigenvalue weighted by atomic mass is 32.1. The first-order valence-corrected chi connectivity index (χ1v) is 8.40. The zero-order chi connectivity index (χ0) is 17.1. The lowest BCUT2D eigenvalue weighted by Gasteiger charge is -2.07. The molecular formula is C17H17N3O3S. The molecule has 3 aromatic rings. The molecule has 1 amide bonds. The van der Waals surface area contributed by atoms with Crippen LogP contribution in [0.5, 0.6) is 0 Å². The van der Waals surface area contributed by atoms with Crippen LogP contribution in [-0.2, 0) is 11.3 Å². The first kappa shape index (κ1) is 16.2. The molecule has 2 aromatic heterocycles. The molecule has 1 N–H and O–H groups in total. The number of benzene rings is 1. The van der Waals surface area contributed by atoms with Gasteiger partial charge in [0, 0.05) is 12.1 Å². The van der Waals surface area contributed by atoms with Gasteiger partial charge < -0.3 is 9.73 Å². The van der Waals surface area contributed by atoms with E-state index in [9.17, 15) is 9.59 Å². The molecule has 0 radical (unpaired) electrons. The average Bonchev–Trinajstić information content (AvgIpc) is 3.18. The number of carbonyl (C=O) groups excluding carboxylic acids is 1. The number of aromatic nitrogens is 2. The maximum Gasteiger partial charge on any atom is 0.437 e. The fourth-order valence-corrected chi connectivity index (χ4v) is 2.84. The van der Waals surface area contributed by atoms with Crippen molar-refractivity contribution in [3.8, 4) is 10.8 Å². The molecule has 0 spiro atoms. The first-order valence-electron chi connectivity index (χ1n) is 7.52. The number of rotatable bonds is 5. The fourth-order valence-electron chi connectivity index (χ4n) is 2.20. The fraction of sp³-hybridized carbons (Fsp3) is 0.235. The molecule has 0 aliphatic rings. The van der Waals surface area contributed by atoms with E-state index in [1.54, 1.807) is 0 Å². The number of anilines is 1. The highest BCUT2D eigenvalue weighted by Crippen LogP contribution is 2.21. The number of hydrogen-bond acceptors (Lipinski definition) is 5. The number of nitrogens with one attached hydrogen (secondary N) is 1. The van der Waals surface area contributed by atoms with E-state index < -0.39 is 5.76 Å². The Morgan fingerprint density at radius 3 is 2.83 bits per heavy atom. The van der Waals surface area contributed by atoms with Gasteiger partial charge in [0.15, 0.2) is 0 Å². The number of amides is 1. The smallest absolute Gasteiger partial charge is 0.387 e. The van der Waals surface area contributed by atoms with Crippen LogP contribution in [0, 0.1) is 13.8 Å². The summed E-state index contributed by atoms with van der Waals surface area (Å²) in [4.78, 5) is 24.6. The van der Waals surface area contributed by atoms with Crippen molar-refractivity contribution in [3.05, 3.63) is 57.4 Å². The van der Waals surface area contributed by atoms with Crippen LogP contribution in [-0.4, -0.2) is 15.7 Å². The van der Waals surface area contributed by atoms with Gasteiger partial charge >= 0.3 is 5.76 Å². The van der Waals surface area contributed by atoms with E-state index in [0.29, 0.717) is 0 Å². The SMILES string of the molecule is Cc1ccc(NC(=O)CCn2nc(-c3cccs3)oc2=O)cc1C. The third-order valence-electron chi connectivity index (χ3n) is 3.68. The summed E-state index contributed by atoms with van der Waals surface area (Å²) in [5, 5.41) is 8.83. The second-order valence-electron chi connectivity index (χ2n) is 5.47. The molecule has 6 nitrogen and oxygen atoms in total. The van der Waals surface area contributed by atoms with Crippen LogP contribution in [0.4, 0.5) is 5.69 Å². The van der Waals surface area contributed by atoms with Crippen LogP contribution in [0.2, 0.25) is 0 Å². The molecule has 0 fully saturated rings. The second kappa shape index (κ2) is 6.84. The summed E-state index contributed by atoms with van der Waals surface area (Å²) in [6.07, 6.45) is 0.142. The highest BCUT2D eigenvalue weighted by Gasteiger charge is 2.12. The lowest BCUT2D eigenvalue weighted by Crippen LogP contribution is -2.21. The summed E-state index contributed by atoms with van der Waals surface area (Å²) in [5.41, 5.74) is 3.03. The Kier molecular flexibility index (Phi) is 4.61. The van der Waals surface area contributed by atoms with Crippen molar-refractivity contribution in [2.45, 2.75) is 26.8 Å². The summed E-state index contributed by atoms with van der Waals surface area (Å²) in [5.74, 6) is -0.451. The zero-order valence-electron chi connectivity index (χ0n) is 13.4. The van der Waals surface area contributed by atoms with Gasteiger partial charge in [-0.2, -0.15) is 4.68 Å².